The highest BCUT2D eigenvalue weighted by Crippen LogP contribution is 2.41. The summed E-state index contributed by atoms with van der Waals surface area (Å²) in [5.41, 5.74) is 4.07. The Bertz CT molecular complexity index is 2070. The number of H-pyrrole nitrogens is 1. The van der Waals surface area contributed by atoms with E-state index >= 15 is 4.39 Å². The average Bonchev–Trinajstić information content (AvgIpc) is 3.85. The molecule has 3 aromatic heterocycles. The van der Waals surface area contributed by atoms with Crippen molar-refractivity contribution in [2.45, 2.75) is 26.3 Å². The van der Waals surface area contributed by atoms with E-state index in [-0.39, 0.29) is 31.7 Å². The second kappa shape index (κ2) is 14.0. The van der Waals surface area contributed by atoms with Crippen LogP contribution in [0.4, 0.5) is 10.2 Å². The molecule has 50 heavy (non-hydrogen) atoms. The number of ether oxygens (including phenoxy) is 2. The molecule has 5 heterocycles. The first-order chi connectivity index (χ1) is 24.4. The normalized spacial score (nSPS) is 15.0. The van der Waals surface area contributed by atoms with Gasteiger partial charge in [-0.1, -0.05) is 29.5 Å². The number of benzene rings is 2. The summed E-state index contributed by atoms with van der Waals surface area (Å²) < 4.78 is 29.7. The van der Waals surface area contributed by atoms with Crippen LogP contribution >= 0.6 is 0 Å². The highest BCUT2D eigenvalue weighted by Gasteiger charge is 2.29. The Labute approximate surface area is 290 Å². The van der Waals surface area contributed by atoms with Gasteiger partial charge in [-0.15, -0.1) is 5.10 Å². The lowest BCUT2D eigenvalue weighted by Crippen LogP contribution is -2.49. The number of hydrogen-bond acceptors (Lipinski definition) is 8. The largest absolute Gasteiger partial charge is 0.496 e. The number of carbonyl (C=O) groups is 2. The van der Waals surface area contributed by atoms with E-state index in [0.29, 0.717) is 79.4 Å². The first-order valence-corrected chi connectivity index (χ1v) is 16.7. The molecule has 2 aliphatic rings. The number of hydrogen-bond donors (Lipinski definition) is 1. The van der Waals surface area contributed by atoms with Crippen LogP contribution in [0, 0.1) is 12.7 Å². The number of nitrogens with zero attached hydrogens (tertiary/aromatic N) is 7. The number of anilines is 1. The summed E-state index contributed by atoms with van der Waals surface area (Å²) in [6, 6.07) is 13.1. The fourth-order valence-corrected chi connectivity index (χ4v) is 6.91. The van der Waals surface area contributed by atoms with Crippen LogP contribution in [0.1, 0.15) is 35.9 Å². The average molecular weight is 681 g/mol. The number of aromatic amines is 1. The van der Waals surface area contributed by atoms with Gasteiger partial charge < -0.3 is 29.2 Å². The van der Waals surface area contributed by atoms with Crippen LogP contribution in [0.2, 0.25) is 0 Å². The Balaban J connectivity index is 0.00000448. The summed E-state index contributed by atoms with van der Waals surface area (Å²) in [6.07, 6.45) is 7.87. The fraction of sp³-hybridized carbons (Fsp3) is 0.324. The van der Waals surface area contributed by atoms with E-state index in [1.807, 2.05) is 49.4 Å². The molecular weight excluding hydrogens is 639 g/mol. The van der Waals surface area contributed by atoms with E-state index in [9.17, 15) is 9.59 Å². The number of piperazine rings is 1. The van der Waals surface area contributed by atoms with E-state index < -0.39 is 5.82 Å². The maximum Gasteiger partial charge on any atom is 0.270 e. The summed E-state index contributed by atoms with van der Waals surface area (Å²) >= 11 is 0. The molecule has 13 heteroatoms. The predicted octanol–water partition coefficient (Wildman–Crippen LogP) is 5.20. The number of para-hydroxylation sites is 1. The molecule has 0 unspecified atom stereocenters. The van der Waals surface area contributed by atoms with Crippen LogP contribution in [0.25, 0.3) is 27.6 Å². The molecule has 1 saturated heterocycles. The zero-order chi connectivity index (χ0) is 34.8. The molecule has 2 amide bonds. The van der Waals surface area contributed by atoms with Crippen molar-refractivity contribution in [3.05, 3.63) is 89.8 Å². The van der Waals surface area contributed by atoms with Gasteiger partial charge in [-0.25, -0.2) is 9.37 Å². The number of halogens is 1. The summed E-state index contributed by atoms with van der Waals surface area (Å²) in [5, 5.41) is 8.33. The van der Waals surface area contributed by atoms with E-state index in [1.165, 1.54) is 0 Å². The number of aromatic nitrogens is 5. The lowest BCUT2D eigenvalue weighted by Gasteiger charge is -2.35. The molecular formula is C37H41FN8O4. The van der Waals surface area contributed by atoms with Crippen molar-refractivity contribution < 1.29 is 24.9 Å². The first-order valence-electron chi connectivity index (χ1n) is 16.7. The Morgan fingerprint density at radius 1 is 0.960 bits per heavy atom. The third kappa shape index (κ3) is 6.26. The van der Waals surface area contributed by atoms with E-state index in [2.05, 4.69) is 25.2 Å². The number of pyridine rings is 1. The van der Waals surface area contributed by atoms with Gasteiger partial charge in [0.05, 0.1) is 32.5 Å². The molecule has 0 spiro atoms. The predicted molar refractivity (Wildman–Crippen MR) is 190 cm³/mol. The van der Waals surface area contributed by atoms with Gasteiger partial charge in [-0.2, -0.15) is 0 Å². The van der Waals surface area contributed by atoms with Crippen molar-refractivity contribution in [1.82, 2.24) is 34.8 Å². The Kier molecular flexibility index (Phi) is 9.20. The minimum Gasteiger partial charge on any atom is -0.496 e. The summed E-state index contributed by atoms with van der Waals surface area (Å²) in [5.74, 6) is 1.38. The molecule has 7 rings (SSSR count). The van der Waals surface area contributed by atoms with Crippen molar-refractivity contribution in [3.8, 4) is 22.6 Å². The molecule has 0 atom stereocenters. The molecule has 2 aromatic carbocycles. The molecule has 0 aliphatic carbocycles. The van der Waals surface area contributed by atoms with Crippen LogP contribution in [-0.2, 0) is 11.3 Å². The van der Waals surface area contributed by atoms with Crippen molar-refractivity contribution in [1.29, 1.82) is 0 Å². The molecule has 2 aliphatic heterocycles. The molecule has 0 radical (unpaired) electrons. The molecule has 5 aromatic rings. The monoisotopic (exact) mass is 680 g/mol. The maximum atomic E-state index is 16.7. The van der Waals surface area contributed by atoms with Crippen LogP contribution in [0.5, 0.6) is 11.5 Å². The molecule has 0 bridgehead atoms. The third-order valence-corrected chi connectivity index (χ3v) is 9.50. The van der Waals surface area contributed by atoms with Crippen molar-refractivity contribution in [3.63, 3.8) is 0 Å². The number of methoxy groups -OCH3 is 2. The van der Waals surface area contributed by atoms with Crippen LogP contribution in [-0.4, -0.2) is 100 Å². The SMILES string of the molecule is COc1cccnc1N1CCN(C(=O)c2cc3c(-c4cccc(C)c4OC)cc(C4=CCCN(C(=O)CCn5ccnn5)C4)c(F)c3[nH]2)CC1.[HH]. The molecule has 1 N–H and O–H groups in total. The van der Waals surface area contributed by atoms with Crippen LogP contribution < -0.4 is 14.4 Å². The molecule has 0 saturated carbocycles. The molecule has 260 valence electrons. The Morgan fingerprint density at radius 2 is 1.80 bits per heavy atom. The number of nitrogens with one attached hydrogen (secondary N) is 1. The minimum atomic E-state index is -0.468. The van der Waals surface area contributed by atoms with E-state index in [4.69, 9.17) is 9.47 Å². The zero-order valence-electron chi connectivity index (χ0n) is 28.4. The molecule has 12 nitrogen and oxygen atoms in total. The van der Waals surface area contributed by atoms with E-state index in [0.717, 1.165) is 22.5 Å². The number of carbonyl (C=O) groups excluding carboxylic acids is 2. The number of aryl methyl sites for hydroxylation is 2. The van der Waals surface area contributed by atoms with Crippen molar-refractivity contribution >= 4 is 34.1 Å². The lowest BCUT2D eigenvalue weighted by molar-refractivity contribution is -0.131. The lowest BCUT2D eigenvalue weighted by atomic mass is 9.92. The van der Waals surface area contributed by atoms with Crippen LogP contribution in [0.3, 0.4) is 0 Å². The number of amides is 2. The zero-order valence-corrected chi connectivity index (χ0v) is 28.4. The standard InChI is InChI=1S/C37H39FN8O4.H2/c1-24-7-4-9-26(35(24)50-3)28-21-27(25-8-6-14-45(23-25)32(47)11-15-46-16-13-40-42-46)33(38)34-29(28)22-30(41-34)37(48)44-19-17-43(18-20-44)36-31(49-2)10-5-12-39-36;/h4-5,7-10,12-13,16,21-22,41H,6,11,14-15,17-20,23H2,1-3H3;1H. The Morgan fingerprint density at radius 3 is 2.56 bits per heavy atom. The fourth-order valence-electron chi connectivity index (χ4n) is 6.91. The smallest absolute Gasteiger partial charge is 0.270 e. The highest BCUT2D eigenvalue weighted by molar-refractivity contribution is 6.05. The highest BCUT2D eigenvalue weighted by atomic mass is 19.1. The van der Waals surface area contributed by atoms with Gasteiger partial charge in [0.1, 0.15) is 11.4 Å². The first kappa shape index (κ1) is 32.8. The summed E-state index contributed by atoms with van der Waals surface area (Å²) in [7, 11) is 3.23. The van der Waals surface area contributed by atoms with Gasteiger partial charge in [0.2, 0.25) is 5.91 Å². The maximum absolute atomic E-state index is 16.7. The summed E-state index contributed by atoms with van der Waals surface area (Å²) in [6.45, 7) is 5.27. The van der Waals surface area contributed by atoms with Gasteiger partial charge in [0.15, 0.2) is 17.4 Å². The van der Waals surface area contributed by atoms with Gasteiger partial charge >= 0.3 is 0 Å². The van der Waals surface area contributed by atoms with E-state index in [1.54, 1.807) is 53.4 Å². The van der Waals surface area contributed by atoms with Crippen molar-refractivity contribution in [2.75, 3.05) is 58.4 Å². The molecule has 1 fully saturated rings. The topological polar surface area (TPSA) is 122 Å². The van der Waals surface area contributed by atoms with Gasteiger partial charge in [0, 0.05) is 76.0 Å². The summed E-state index contributed by atoms with van der Waals surface area (Å²) in [4.78, 5) is 40.4. The second-order valence-corrected chi connectivity index (χ2v) is 12.5. The number of fused-ring (bicyclic) bond motifs is 1. The van der Waals surface area contributed by atoms with Gasteiger partial charge in [0.25, 0.3) is 5.91 Å². The second-order valence-electron chi connectivity index (χ2n) is 12.5. The van der Waals surface area contributed by atoms with Crippen LogP contribution in [0.15, 0.2) is 67.1 Å². The minimum absolute atomic E-state index is 0. The van der Waals surface area contributed by atoms with Gasteiger partial charge in [-0.3, -0.25) is 14.3 Å². The Hall–Kier alpha value is -5.72. The quantitative estimate of drug-likeness (QED) is 0.226. The third-order valence-electron chi connectivity index (χ3n) is 9.50. The van der Waals surface area contributed by atoms with Crippen molar-refractivity contribution in [2.24, 2.45) is 0 Å². The van der Waals surface area contributed by atoms with Gasteiger partial charge in [-0.05, 0) is 54.3 Å². The number of rotatable bonds is 9.